The first kappa shape index (κ1) is 15.0. The van der Waals surface area contributed by atoms with Crippen LogP contribution in [-0.4, -0.2) is 34.3 Å². The van der Waals surface area contributed by atoms with Gasteiger partial charge in [0.2, 0.25) is 0 Å². The predicted molar refractivity (Wildman–Crippen MR) is 78.2 cm³/mol. The maximum Gasteiger partial charge on any atom is 0.317 e. The molecule has 0 fully saturated rings. The second kappa shape index (κ2) is 6.88. The van der Waals surface area contributed by atoms with E-state index in [0.717, 1.165) is 11.1 Å². The fourth-order valence-corrected chi connectivity index (χ4v) is 2.04. The molecule has 0 saturated carbocycles. The van der Waals surface area contributed by atoms with Crippen LogP contribution in [-0.2, 0) is 20.0 Å². The Morgan fingerprint density at radius 1 is 1.43 bits per heavy atom. The van der Waals surface area contributed by atoms with Crippen molar-refractivity contribution in [2.45, 2.75) is 13.0 Å². The minimum atomic E-state index is -0.257. The maximum atomic E-state index is 13.0. The van der Waals surface area contributed by atoms with E-state index in [4.69, 9.17) is 0 Å². The van der Waals surface area contributed by atoms with Gasteiger partial charge in [-0.1, -0.05) is 12.1 Å². The number of benzene rings is 1. The van der Waals surface area contributed by atoms with E-state index in [1.807, 2.05) is 19.3 Å². The summed E-state index contributed by atoms with van der Waals surface area (Å²) in [7, 11) is 3.56. The number of aryl methyl sites for hydroxylation is 1. The number of aromatic nitrogens is 2. The smallest absolute Gasteiger partial charge is 0.317 e. The lowest BCUT2D eigenvalue weighted by atomic mass is 10.1. The zero-order valence-electron chi connectivity index (χ0n) is 12.2. The third-order valence-electron chi connectivity index (χ3n) is 3.10. The van der Waals surface area contributed by atoms with Crippen LogP contribution in [0.25, 0.3) is 0 Å². The lowest BCUT2D eigenvalue weighted by Gasteiger charge is -2.17. The fourth-order valence-electron chi connectivity index (χ4n) is 2.04. The van der Waals surface area contributed by atoms with Crippen molar-refractivity contribution >= 4 is 6.03 Å². The van der Waals surface area contributed by atoms with Crippen molar-refractivity contribution in [3.8, 4) is 0 Å². The van der Waals surface area contributed by atoms with Gasteiger partial charge in [0.05, 0.1) is 12.7 Å². The molecule has 2 rings (SSSR count). The number of rotatable bonds is 5. The van der Waals surface area contributed by atoms with E-state index in [2.05, 4.69) is 10.4 Å². The summed E-state index contributed by atoms with van der Waals surface area (Å²) in [4.78, 5) is 13.5. The first-order valence-corrected chi connectivity index (χ1v) is 6.75. The number of nitrogens with zero attached hydrogens (tertiary/aromatic N) is 3. The molecule has 6 heteroatoms. The SMILES string of the molecule is CN(Cc1cnn(C)c1)C(=O)NCCc1cccc(F)c1. The van der Waals surface area contributed by atoms with Crippen molar-refractivity contribution in [1.82, 2.24) is 20.0 Å². The highest BCUT2D eigenvalue weighted by Crippen LogP contribution is 2.04. The molecule has 0 bridgehead atoms. The fraction of sp³-hybridized carbons (Fsp3) is 0.333. The summed E-state index contributed by atoms with van der Waals surface area (Å²) >= 11 is 0. The quantitative estimate of drug-likeness (QED) is 0.915. The first-order valence-electron chi connectivity index (χ1n) is 6.75. The number of amides is 2. The number of halogens is 1. The lowest BCUT2D eigenvalue weighted by molar-refractivity contribution is 0.207. The Labute approximate surface area is 123 Å². The van der Waals surface area contributed by atoms with Gasteiger partial charge in [0.1, 0.15) is 5.82 Å². The van der Waals surface area contributed by atoms with Crippen LogP contribution in [0.1, 0.15) is 11.1 Å². The Bertz CT molecular complexity index is 611. The van der Waals surface area contributed by atoms with Gasteiger partial charge in [-0.2, -0.15) is 5.10 Å². The van der Waals surface area contributed by atoms with Crippen molar-refractivity contribution in [1.29, 1.82) is 0 Å². The molecule has 0 atom stereocenters. The van der Waals surface area contributed by atoms with E-state index in [0.29, 0.717) is 19.5 Å². The molecule has 2 amide bonds. The highest BCUT2D eigenvalue weighted by Gasteiger charge is 2.09. The van der Waals surface area contributed by atoms with Crippen molar-refractivity contribution in [2.24, 2.45) is 7.05 Å². The summed E-state index contributed by atoms with van der Waals surface area (Å²) in [5, 5.41) is 6.88. The molecule has 1 aromatic heterocycles. The molecule has 0 radical (unpaired) electrons. The molecule has 1 heterocycles. The standard InChI is InChI=1S/C15H19FN4O/c1-19(10-13-9-18-20(2)11-13)15(21)17-7-6-12-4-3-5-14(16)8-12/h3-5,8-9,11H,6-7,10H2,1-2H3,(H,17,21). The van der Waals surface area contributed by atoms with Crippen LogP contribution in [0.15, 0.2) is 36.7 Å². The molecule has 0 aliphatic rings. The topological polar surface area (TPSA) is 50.2 Å². The average Bonchev–Trinajstić information content (AvgIpc) is 2.84. The van der Waals surface area contributed by atoms with Gasteiger partial charge < -0.3 is 10.2 Å². The molecule has 112 valence electrons. The van der Waals surface area contributed by atoms with Crippen molar-refractivity contribution in [3.05, 3.63) is 53.6 Å². The third kappa shape index (κ3) is 4.59. The Balaban J connectivity index is 1.76. The summed E-state index contributed by atoms with van der Waals surface area (Å²) in [6.07, 6.45) is 4.21. The molecule has 5 nitrogen and oxygen atoms in total. The minimum absolute atomic E-state index is 0.157. The molecular weight excluding hydrogens is 271 g/mol. The summed E-state index contributed by atoms with van der Waals surface area (Å²) in [6, 6.07) is 6.24. The van der Waals surface area contributed by atoms with Gasteiger partial charge in [-0.3, -0.25) is 4.68 Å². The van der Waals surface area contributed by atoms with Gasteiger partial charge in [0.25, 0.3) is 0 Å². The van der Waals surface area contributed by atoms with Gasteiger partial charge >= 0.3 is 6.03 Å². The number of hydrogen-bond acceptors (Lipinski definition) is 2. The Morgan fingerprint density at radius 2 is 2.24 bits per heavy atom. The van der Waals surface area contributed by atoms with Crippen LogP contribution < -0.4 is 5.32 Å². The van der Waals surface area contributed by atoms with Crippen LogP contribution in [0.5, 0.6) is 0 Å². The Kier molecular flexibility index (Phi) is 4.92. The average molecular weight is 290 g/mol. The second-order valence-electron chi connectivity index (χ2n) is 4.99. The molecule has 0 spiro atoms. The molecule has 1 aromatic carbocycles. The lowest BCUT2D eigenvalue weighted by Crippen LogP contribution is -2.37. The number of carbonyl (C=O) groups is 1. The predicted octanol–water partition coefficient (Wildman–Crippen LogP) is 1.94. The third-order valence-corrected chi connectivity index (χ3v) is 3.10. The van der Waals surface area contributed by atoms with Crippen LogP contribution >= 0.6 is 0 Å². The molecular formula is C15H19FN4O. The normalized spacial score (nSPS) is 10.4. The molecule has 0 aliphatic carbocycles. The van der Waals surface area contributed by atoms with E-state index >= 15 is 0 Å². The minimum Gasteiger partial charge on any atom is -0.338 e. The van der Waals surface area contributed by atoms with Crippen LogP contribution in [0.4, 0.5) is 9.18 Å². The largest absolute Gasteiger partial charge is 0.338 e. The second-order valence-corrected chi connectivity index (χ2v) is 4.99. The van der Waals surface area contributed by atoms with Crippen molar-refractivity contribution < 1.29 is 9.18 Å². The van der Waals surface area contributed by atoms with Crippen LogP contribution in [0.2, 0.25) is 0 Å². The monoisotopic (exact) mass is 290 g/mol. The zero-order chi connectivity index (χ0) is 15.2. The zero-order valence-corrected chi connectivity index (χ0v) is 12.2. The summed E-state index contributed by atoms with van der Waals surface area (Å²) in [5.41, 5.74) is 1.84. The van der Waals surface area contributed by atoms with Crippen LogP contribution in [0, 0.1) is 5.82 Å². The van der Waals surface area contributed by atoms with Gasteiger partial charge in [-0.25, -0.2) is 9.18 Å². The summed E-state index contributed by atoms with van der Waals surface area (Å²) in [6.45, 7) is 0.972. The molecule has 0 unspecified atom stereocenters. The number of hydrogen-bond donors (Lipinski definition) is 1. The number of urea groups is 1. The van der Waals surface area contributed by atoms with Crippen molar-refractivity contribution in [2.75, 3.05) is 13.6 Å². The van der Waals surface area contributed by atoms with Gasteiger partial charge in [0, 0.05) is 32.4 Å². The maximum absolute atomic E-state index is 13.0. The number of carbonyl (C=O) groups excluding carboxylic acids is 1. The molecule has 21 heavy (non-hydrogen) atoms. The molecule has 0 aliphatic heterocycles. The molecule has 2 aromatic rings. The Hall–Kier alpha value is -2.37. The van der Waals surface area contributed by atoms with Gasteiger partial charge in [-0.05, 0) is 24.1 Å². The Morgan fingerprint density at radius 3 is 2.90 bits per heavy atom. The van der Waals surface area contributed by atoms with E-state index < -0.39 is 0 Å². The number of nitrogens with one attached hydrogen (secondary N) is 1. The summed E-state index contributed by atoms with van der Waals surface area (Å²) < 4.78 is 14.7. The van der Waals surface area contributed by atoms with Gasteiger partial charge in [-0.15, -0.1) is 0 Å². The van der Waals surface area contributed by atoms with Crippen molar-refractivity contribution in [3.63, 3.8) is 0 Å². The van der Waals surface area contributed by atoms with E-state index in [1.54, 1.807) is 28.9 Å². The summed E-state index contributed by atoms with van der Waals surface area (Å²) in [5.74, 6) is -0.257. The van der Waals surface area contributed by atoms with E-state index in [-0.39, 0.29) is 11.8 Å². The van der Waals surface area contributed by atoms with Gasteiger partial charge in [0.15, 0.2) is 0 Å². The highest BCUT2D eigenvalue weighted by atomic mass is 19.1. The first-order chi connectivity index (χ1) is 10.0. The van der Waals surface area contributed by atoms with E-state index in [9.17, 15) is 9.18 Å². The highest BCUT2D eigenvalue weighted by molar-refractivity contribution is 5.73. The molecule has 1 N–H and O–H groups in total. The molecule has 0 saturated heterocycles. The van der Waals surface area contributed by atoms with Crippen LogP contribution in [0.3, 0.4) is 0 Å². The van der Waals surface area contributed by atoms with E-state index in [1.165, 1.54) is 12.1 Å².